The van der Waals surface area contributed by atoms with Crippen LogP contribution in [0.25, 0.3) is 5.69 Å². The number of fused-ring (bicyclic) bond motifs is 1. The summed E-state index contributed by atoms with van der Waals surface area (Å²) in [5.41, 5.74) is 5.00. The van der Waals surface area contributed by atoms with Crippen LogP contribution in [0.1, 0.15) is 30.5 Å². The number of carbonyl (C=O) groups excluding carboxylic acids is 1. The third kappa shape index (κ3) is 4.62. The number of aryl methyl sites for hydroxylation is 2. The Bertz CT molecular complexity index is 1320. The molecule has 180 valence electrons. The van der Waals surface area contributed by atoms with E-state index in [1.807, 2.05) is 24.5 Å². The quantitative estimate of drug-likeness (QED) is 0.440. The van der Waals surface area contributed by atoms with Crippen molar-refractivity contribution in [2.24, 2.45) is 0 Å². The standard InChI is InChI=1S/C24H29N5O3S2/c1-5-27(6-2)34(31,32)21-9-10-22-19(14-21)11-12-28(22)23(30)15-33-24-26-25-16-29(24)20-8-7-17(3)18(4)13-20/h7-10,13-14,16H,5-6,11-12,15H2,1-4H3. The zero-order valence-electron chi connectivity index (χ0n) is 19.9. The Morgan fingerprint density at radius 1 is 1.09 bits per heavy atom. The van der Waals surface area contributed by atoms with Gasteiger partial charge in [-0.2, -0.15) is 4.31 Å². The number of sulfonamides is 1. The van der Waals surface area contributed by atoms with Gasteiger partial charge in [0.15, 0.2) is 5.16 Å². The van der Waals surface area contributed by atoms with Gasteiger partial charge >= 0.3 is 0 Å². The average molecular weight is 500 g/mol. The monoisotopic (exact) mass is 499 g/mol. The molecule has 0 aliphatic carbocycles. The Kier molecular flexibility index (Phi) is 7.11. The molecule has 1 aliphatic heterocycles. The third-order valence-electron chi connectivity index (χ3n) is 6.20. The normalized spacial score (nSPS) is 13.5. The number of nitrogens with zero attached hydrogens (tertiary/aromatic N) is 5. The zero-order chi connectivity index (χ0) is 24.5. The summed E-state index contributed by atoms with van der Waals surface area (Å²) in [6, 6.07) is 11.2. The Morgan fingerprint density at radius 3 is 2.56 bits per heavy atom. The molecule has 0 spiro atoms. The van der Waals surface area contributed by atoms with Gasteiger partial charge in [-0.25, -0.2) is 8.42 Å². The number of rotatable bonds is 8. The fourth-order valence-electron chi connectivity index (χ4n) is 4.09. The molecule has 1 aromatic heterocycles. The number of anilines is 1. The summed E-state index contributed by atoms with van der Waals surface area (Å²) in [6.07, 6.45) is 2.28. The lowest BCUT2D eigenvalue weighted by Gasteiger charge is -2.20. The highest BCUT2D eigenvalue weighted by Gasteiger charge is 2.28. The van der Waals surface area contributed by atoms with Gasteiger partial charge in [0.2, 0.25) is 15.9 Å². The van der Waals surface area contributed by atoms with E-state index in [-0.39, 0.29) is 16.6 Å². The Morgan fingerprint density at radius 2 is 1.85 bits per heavy atom. The lowest BCUT2D eigenvalue weighted by Crippen LogP contribution is -2.31. The summed E-state index contributed by atoms with van der Waals surface area (Å²) < 4.78 is 29.0. The molecule has 3 aromatic rings. The minimum Gasteiger partial charge on any atom is -0.311 e. The molecule has 0 bridgehead atoms. The van der Waals surface area contributed by atoms with Crippen LogP contribution in [0.4, 0.5) is 5.69 Å². The van der Waals surface area contributed by atoms with Crippen molar-refractivity contribution < 1.29 is 13.2 Å². The molecular weight excluding hydrogens is 470 g/mol. The van der Waals surface area contributed by atoms with E-state index in [0.29, 0.717) is 31.2 Å². The van der Waals surface area contributed by atoms with Crippen LogP contribution >= 0.6 is 11.8 Å². The molecule has 8 nitrogen and oxygen atoms in total. The smallest absolute Gasteiger partial charge is 0.243 e. The van der Waals surface area contributed by atoms with Gasteiger partial charge in [0.25, 0.3) is 0 Å². The second-order valence-corrected chi connectivity index (χ2v) is 11.1. The maximum absolute atomic E-state index is 13.1. The summed E-state index contributed by atoms with van der Waals surface area (Å²) in [7, 11) is -3.53. The zero-order valence-corrected chi connectivity index (χ0v) is 21.5. The largest absolute Gasteiger partial charge is 0.311 e. The van der Waals surface area contributed by atoms with Crippen molar-refractivity contribution in [1.29, 1.82) is 0 Å². The third-order valence-corrected chi connectivity index (χ3v) is 9.17. The summed E-state index contributed by atoms with van der Waals surface area (Å²) in [5.74, 6) is 0.167. The number of carbonyl (C=O) groups is 1. The molecule has 2 aromatic carbocycles. The summed E-state index contributed by atoms with van der Waals surface area (Å²) in [5, 5.41) is 8.87. The molecule has 0 fully saturated rings. The Hall–Kier alpha value is -2.69. The number of amides is 1. The highest BCUT2D eigenvalue weighted by Crippen LogP contribution is 2.32. The Balaban J connectivity index is 1.48. The minimum atomic E-state index is -3.53. The molecule has 1 aliphatic rings. The lowest BCUT2D eigenvalue weighted by atomic mass is 10.1. The van der Waals surface area contributed by atoms with Crippen LogP contribution in [0.15, 0.2) is 52.8 Å². The average Bonchev–Trinajstić information content (AvgIpc) is 3.46. The molecule has 34 heavy (non-hydrogen) atoms. The van der Waals surface area contributed by atoms with Crippen LogP contribution in [-0.4, -0.2) is 58.8 Å². The van der Waals surface area contributed by atoms with Crippen molar-refractivity contribution in [3.05, 3.63) is 59.4 Å². The van der Waals surface area contributed by atoms with E-state index in [4.69, 9.17) is 0 Å². The van der Waals surface area contributed by atoms with Gasteiger partial charge in [-0.3, -0.25) is 9.36 Å². The first-order chi connectivity index (χ1) is 16.3. The summed E-state index contributed by atoms with van der Waals surface area (Å²) in [6.45, 7) is 9.15. The molecule has 0 radical (unpaired) electrons. The van der Waals surface area contributed by atoms with E-state index >= 15 is 0 Å². The van der Waals surface area contributed by atoms with Crippen molar-refractivity contribution >= 4 is 33.4 Å². The fraction of sp³-hybridized carbons (Fsp3) is 0.375. The van der Waals surface area contributed by atoms with Gasteiger partial charge in [0.05, 0.1) is 10.6 Å². The highest BCUT2D eigenvalue weighted by molar-refractivity contribution is 7.99. The van der Waals surface area contributed by atoms with E-state index < -0.39 is 10.0 Å². The van der Waals surface area contributed by atoms with E-state index in [9.17, 15) is 13.2 Å². The Labute approximate surface area is 205 Å². The van der Waals surface area contributed by atoms with E-state index in [2.05, 4.69) is 36.2 Å². The number of benzene rings is 2. The van der Waals surface area contributed by atoms with Crippen LogP contribution in [0.2, 0.25) is 0 Å². The van der Waals surface area contributed by atoms with Gasteiger partial charge in [0.1, 0.15) is 6.33 Å². The first kappa shape index (κ1) is 24.4. The topological polar surface area (TPSA) is 88.4 Å². The number of hydrogen-bond donors (Lipinski definition) is 0. The SMILES string of the molecule is CCN(CC)S(=O)(=O)c1ccc2c(c1)CCN2C(=O)CSc1nncn1-c1ccc(C)c(C)c1. The van der Waals surface area contributed by atoms with Crippen molar-refractivity contribution in [2.75, 3.05) is 30.3 Å². The molecule has 2 heterocycles. The van der Waals surface area contributed by atoms with Crippen LogP contribution < -0.4 is 4.90 Å². The molecule has 0 saturated carbocycles. The summed E-state index contributed by atoms with van der Waals surface area (Å²) >= 11 is 1.34. The second-order valence-electron chi connectivity index (χ2n) is 8.22. The summed E-state index contributed by atoms with van der Waals surface area (Å²) in [4.78, 5) is 15.1. The highest BCUT2D eigenvalue weighted by atomic mass is 32.2. The second kappa shape index (κ2) is 9.89. The molecule has 0 saturated heterocycles. The van der Waals surface area contributed by atoms with E-state index in [0.717, 1.165) is 16.9 Å². The molecule has 1 amide bonds. The lowest BCUT2D eigenvalue weighted by molar-refractivity contribution is -0.116. The van der Waals surface area contributed by atoms with Crippen molar-refractivity contribution in [1.82, 2.24) is 19.1 Å². The molecule has 0 N–H and O–H groups in total. The number of hydrogen-bond acceptors (Lipinski definition) is 6. The van der Waals surface area contributed by atoms with Gasteiger partial charge in [0, 0.05) is 31.0 Å². The van der Waals surface area contributed by atoms with Crippen LogP contribution in [-0.2, 0) is 21.2 Å². The van der Waals surface area contributed by atoms with Gasteiger partial charge in [-0.15, -0.1) is 10.2 Å². The predicted octanol–water partition coefficient (Wildman–Crippen LogP) is 3.60. The fourth-order valence-corrected chi connectivity index (χ4v) is 6.40. The van der Waals surface area contributed by atoms with E-state index in [1.165, 1.54) is 27.2 Å². The molecule has 10 heteroatoms. The van der Waals surface area contributed by atoms with Gasteiger partial charge in [-0.05, 0) is 67.3 Å². The number of thioether (sulfide) groups is 1. The number of aromatic nitrogens is 3. The van der Waals surface area contributed by atoms with Crippen LogP contribution in [0, 0.1) is 13.8 Å². The van der Waals surface area contributed by atoms with E-state index in [1.54, 1.807) is 29.4 Å². The molecule has 4 rings (SSSR count). The van der Waals surface area contributed by atoms with Crippen molar-refractivity contribution in [3.63, 3.8) is 0 Å². The van der Waals surface area contributed by atoms with Crippen molar-refractivity contribution in [3.8, 4) is 5.69 Å². The van der Waals surface area contributed by atoms with Crippen molar-refractivity contribution in [2.45, 2.75) is 44.2 Å². The maximum atomic E-state index is 13.1. The molecular formula is C24H29N5O3S2. The van der Waals surface area contributed by atoms with Crippen LogP contribution in [0.3, 0.4) is 0 Å². The first-order valence-electron chi connectivity index (χ1n) is 11.3. The van der Waals surface area contributed by atoms with Gasteiger partial charge < -0.3 is 4.90 Å². The molecule has 0 atom stereocenters. The van der Waals surface area contributed by atoms with Crippen LogP contribution in [0.5, 0.6) is 0 Å². The molecule has 0 unspecified atom stereocenters. The maximum Gasteiger partial charge on any atom is 0.243 e. The predicted molar refractivity (Wildman–Crippen MR) is 134 cm³/mol. The van der Waals surface area contributed by atoms with Gasteiger partial charge in [-0.1, -0.05) is 31.7 Å². The first-order valence-corrected chi connectivity index (χ1v) is 13.7. The minimum absolute atomic E-state index is 0.0438.